The first-order valence-electron chi connectivity index (χ1n) is 23.2. The van der Waals surface area contributed by atoms with Crippen molar-refractivity contribution < 1.29 is 8.83 Å². The molecule has 0 bridgehead atoms. The van der Waals surface area contributed by atoms with Gasteiger partial charge in [-0.05, 0) is 110 Å². The standard InChI is InChI=1S/C63H36N4O2/c1-2-13-37(14-3-1)39-18-12-19-42(31-39)61-64-62(43-25-28-49-48-21-8-10-23-55(48)68-57(49)36-43)66-63(65-61)52-34-44-32-45(27-29-47(44)59-50-22-9-11-24-56(50)69-60(52)59)67-53-30-26-38-15-6-7-20-46(38)58(53)51-33-40-16-4-5-17-41(40)35-54(51)67/h1-36H. The number of para-hydroxylation sites is 2. The van der Waals surface area contributed by atoms with Gasteiger partial charge in [0.2, 0.25) is 0 Å². The van der Waals surface area contributed by atoms with Crippen molar-refractivity contribution in [1.29, 1.82) is 0 Å². The Morgan fingerprint density at radius 1 is 0.304 bits per heavy atom. The van der Waals surface area contributed by atoms with Crippen LogP contribution in [-0.2, 0) is 0 Å². The fraction of sp³-hybridized carbons (Fsp3) is 0. The summed E-state index contributed by atoms with van der Waals surface area (Å²) in [5.41, 5.74) is 11.2. The van der Waals surface area contributed by atoms with Gasteiger partial charge in [0.25, 0.3) is 0 Å². The molecule has 6 nitrogen and oxygen atoms in total. The molecule has 0 N–H and O–H groups in total. The number of benzene rings is 11. The Morgan fingerprint density at radius 3 is 1.77 bits per heavy atom. The lowest BCUT2D eigenvalue weighted by Gasteiger charge is -2.13. The van der Waals surface area contributed by atoms with E-state index >= 15 is 0 Å². The fourth-order valence-electron chi connectivity index (χ4n) is 10.8. The number of nitrogens with zero attached hydrogens (tertiary/aromatic N) is 4. The quantitative estimate of drug-likeness (QED) is 0.172. The monoisotopic (exact) mass is 880 g/mol. The molecular formula is C63H36N4O2. The largest absolute Gasteiger partial charge is 0.456 e. The van der Waals surface area contributed by atoms with Crippen LogP contribution < -0.4 is 0 Å². The first kappa shape index (κ1) is 37.8. The van der Waals surface area contributed by atoms with Crippen LogP contribution in [0.1, 0.15) is 0 Å². The zero-order chi connectivity index (χ0) is 45.2. The number of hydrogen-bond acceptors (Lipinski definition) is 5. The maximum Gasteiger partial charge on any atom is 0.167 e. The Labute approximate surface area is 394 Å². The minimum absolute atomic E-state index is 0.510. The average molecular weight is 881 g/mol. The summed E-state index contributed by atoms with van der Waals surface area (Å²) in [4.78, 5) is 15.9. The highest BCUT2D eigenvalue weighted by atomic mass is 16.3. The molecule has 0 unspecified atom stereocenters. The van der Waals surface area contributed by atoms with Gasteiger partial charge in [-0.1, -0.05) is 152 Å². The molecule has 0 fully saturated rings. The van der Waals surface area contributed by atoms with Gasteiger partial charge in [0.1, 0.15) is 22.3 Å². The summed E-state index contributed by atoms with van der Waals surface area (Å²) in [6.07, 6.45) is 0. The maximum absolute atomic E-state index is 6.88. The van der Waals surface area contributed by atoms with Crippen LogP contribution in [-0.4, -0.2) is 19.5 Å². The second-order valence-corrected chi connectivity index (χ2v) is 17.9. The highest BCUT2D eigenvalue weighted by Gasteiger charge is 2.23. The summed E-state index contributed by atoms with van der Waals surface area (Å²) in [5, 5.41) is 13.6. The van der Waals surface area contributed by atoms with Crippen molar-refractivity contribution in [2.75, 3.05) is 0 Å². The smallest absolute Gasteiger partial charge is 0.167 e. The highest BCUT2D eigenvalue weighted by Crippen LogP contribution is 2.44. The molecule has 15 rings (SSSR count). The fourth-order valence-corrected chi connectivity index (χ4v) is 10.8. The van der Waals surface area contributed by atoms with E-state index in [0.717, 1.165) is 99.2 Å². The van der Waals surface area contributed by atoms with Crippen molar-refractivity contribution >= 4 is 98.0 Å². The van der Waals surface area contributed by atoms with E-state index in [4.69, 9.17) is 23.8 Å². The molecule has 0 aliphatic rings. The van der Waals surface area contributed by atoms with Crippen LogP contribution >= 0.6 is 0 Å². The summed E-state index contributed by atoms with van der Waals surface area (Å²) in [6.45, 7) is 0. The first-order valence-corrected chi connectivity index (χ1v) is 23.2. The molecule has 11 aromatic carbocycles. The van der Waals surface area contributed by atoms with Crippen molar-refractivity contribution in [3.05, 3.63) is 218 Å². The van der Waals surface area contributed by atoms with Crippen LogP contribution in [0.25, 0.3) is 149 Å². The second kappa shape index (κ2) is 14.6. The SMILES string of the molecule is c1ccc(-c2cccc(-c3nc(-c4ccc5c(c4)oc4ccccc45)nc(-c4cc5cc(-n6c7cc8ccccc8cc7c7c8ccccc8ccc76)ccc5c5c4oc4ccccc45)n3)c2)cc1. The summed E-state index contributed by atoms with van der Waals surface area (Å²) in [7, 11) is 0. The maximum atomic E-state index is 6.88. The predicted molar refractivity (Wildman–Crippen MR) is 283 cm³/mol. The van der Waals surface area contributed by atoms with Crippen molar-refractivity contribution in [1.82, 2.24) is 19.5 Å². The molecule has 320 valence electrons. The van der Waals surface area contributed by atoms with E-state index in [2.05, 4.69) is 180 Å². The molecule has 0 aliphatic carbocycles. The molecule has 0 saturated heterocycles. The van der Waals surface area contributed by atoms with Gasteiger partial charge in [-0.3, -0.25) is 0 Å². The van der Waals surface area contributed by atoms with E-state index in [1.54, 1.807) is 0 Å². The molecule has 0 atom stereocenters. The van der Waals surface area contributed by atoms with Gasteiger partial charge in [0.05, 0.1) is 16.6 Å². The van der Waals surface area contributed by atoms with E-state index in [9.17, 15) is 0 Å². The highest BCUT2D eigenvalue weighted by molar-refractivity contribution is 6.25. The summed E-state index contributed by atoms with van der Waals surface area (Å²) >= 11 is 0. The minimum atomic E-state index is 0.510. The molecule has 0 saturated carbocycles. The zero-order valence-electron chi connectivity index (χ0n) is 36.9. The zero-order valence-corrected chi connectivity index (χ0v) is 36.9. The molecule has 4 heterocycles. The van der Waals surface area contributed by atoms with Gasteiger partial charge in [0, 0.05) is 49.1 Å². The summed E-state index contributed by atoms with van der Waals surface area (Å²) < 4.78 is 15.7. The van der Waals surface area contributed by atoms with Crippen LogP contribution in [0.5, 0.6) is 0 Å². The lowest BCUT2D eigenvalue weighted by molar-refractivity contribution is 0.668. The molecule has 0 spiro atoms. The Balaban J connectivity index is 1.000. The van der Waals surface area contributed by atoms with Gasteiger partial charge >= 0.3 is 0 Å². The number of fused-ring (bicyclic) bond motifs is 14. The first-order chi connectivity index (χ1) is 34.2. The number of rotatable bonds is 5. The van der Waals surface area contributed by atoms with E-state index < -0.39 is 0 Å². The van der Waals surface area contributed by atoms with E-state index in [1.165, 1.54) is 32.3 Å². The molecule has 6 heteroatoms. The summed E-state index contributed by atoms with van der Waals surface area (Å²) in [5.74, 6) is 1.60. The van der Waals surface area contributed by atoms with Gasteiger partial charge in [-0.2, -0.15) is 0 Å². The second-order valence-electron chi connectivity index (χ2n) is 17.9. The predicted octanol–water partition coefficient (Wildman–Crippen LogP) is 16.9. The molecule has 0 radical (unpaired) electrons. The van der Waals surface area contributed by atoms with Crippen molar-refractivity contribution in [2.45, 2.75) is 0 Å². The third-order valence-corrected chi connectivity index (χ3v) is 14.0. The van der Waals surface area contributed by atoms with Crippen LogP contribution in [0.15, 0.2) is 227 Å². The number of furan rings is 2. The van der Waals surface area contributed by atoms with Gasteiger partial charge in [-0.25, -0.2) is 15.0 Å². The Bertz CT molecular complexity index is 4620. The third kappa shape index (κ3) is 5.82. The Kier molecular flexibility index (Phi) is 7.97. The van der Waals surface area contributed by atoms with Crippen molar-refractivity contribution in [3.8, 4) is 51.0 Å². The molecule has 4 aromatic heterocycles. The lowest BCUT2D eigenvalue weighted by atomic mass is 9.99. The van der Waals surface area contributed by atoms with Gasteiger partial charge in [-0.15, -0.1) is 0 Å². The topological polar surface area (TPSA) is 69.9 Å². The number of hydrogen-bond donors (Lipinski definition) is 0. The normalized spacial score (nSPS) is 12.1. The molecular weight excluding hydrogens is 845 g/mol. The van der Waals surface area contributed by atoms with E-state index in [-0.39, 0.29) is 0 Å². The van der Waals surface area contributed by atoms with Gasteiger partial charge < -0.3 is 13.4 Å². The van der Waals surface area contributed by atoms with Crippen molar-refractivity contribution in [3.63, 3.8) is 0 Å². The van der Waals surface area contributed by atoms with Crippen LogP contribution in [0, 0.1) is 0 Å². The lowest BCUT2D eigenvalue weighted by Crippen LogP contribution is -2.01. The van der Waals surface area contributed by atoms with Crippen LogP contribution in [0.3, 0.4) is 0 Å². The van der Waals surface area contributed by atoms with Gasteiger partial charge in [0.15, 0.2) is 17.5 Å². The third-order valence-electron chi connectivity index (χ3n) is 14.0. The number of aromatic nitrogens is 4. The van der Waals surface area contributed by atoms with E-state index in [1.807, 2.05) is 42.5 Å². The molecule has 0 aliphatic heterocycles. The van der Waals surface area contributed by atoms with E-state index in [0.29, 0.717) is 17.5 Å². The molecule has 15 aromatic rings. The Morgan fingerprint density at radius 2 is 0.928 bits per heavy atom. The van der Waals surface area contributed by atoms with Crippen LogP contribution in [0.2, 0.25) is 0 Å². The Hall–Kier alpha value is -9.39. The molecule has 0 amide bonds. The average Bonchev–Trinajstić information content (AvgIpc) is 4.09. The van der Waals surface area contributed by atoms with Crippen molar-refractivity contribution in [2.24, 2.45) is 0 Å². The summed E-state index contributed by atoms with van der Waals surface area (Å²) in [6, 6.07) is 77.0. The minimum Gasteiger partial charge on any atom is -0.456 e. The van der Waals surface area contributed by atoms with Crippen LogP contribution in [0.4, 0.5) is 0 Å². The molecule has 69 heavy (non-hydrogen) atoms.